The Bertz CT molecular complexity index is 3640. The summed E-state index contributed by atoms with van der Waals surface area (Å²) in [7, 11) is 0. The fourth-order valence-corrected chi connectivity index (χ4v) is 12.4. The van der Waals surface area contributed by atoms with Crippen molar-refractivity contribution >= 4 is 50.7 Å². The summed E-state index contributed by atoms with van der Waals surface area (Å²) >= 11 is 0. The van der Waals surface area contributed by atoms with E-state index in [1.807, 2.05) is 0 Å². The van der Waals surface area contributed by atoms with Crippen LogP contribution < -0.4 is 0 Å². The minimum atomic E-state index is -0.0839. The number of hydrogen-bond acceptors (Lipinski definition) is 1. The quantitative estimate of drug-likeness (QED) is 0.149. The second-order valence-corrected chi connectivity index (χ2v) is 18.8. The maximum atomic E-state index is 5.17. The van der Waals surface area contributed by atoms with E-state index in [0.29, 0.717) is 0 Å². The van der Waals surface area contributed by atoms with Crippen LogP contribution in [0.5, 0.6) is 0 Å². The van der Waals surface area contributed by atoms with Crippen LogP contribution in [-0.2, 0) is 5.41 Å². The molecule has 0 saturated heterocycles. The van der Waals surface area contributed by atoms with Gasteiger partial charge in [-0.05, 0) is 133 Å². The molecule has 0 bridgehead atoms. The number of fused-ring (bicyclic) bond motifs is 12. The van der Waals surface area contributed by atoms with E-state index < -0.39 is 0 Å². The van der Waals surface area contributed by atoms with Gasteiger partial charge < -0.3 is 4.57 Å². The standard InChI is InChI=1S/C66H50N2/c1-3-66(4-2)59-39-43(32-37-51(59)52-38-36-48(40-60(52)66)68-61-29-17-15-25-53(61)54-26-16-18-30-62(54)68)31-34-47-35-33-46(42-67-47)58-41-57(44-19-7-5-8-20-44)64-55-27-13-11-23-49(55)50-24-12-14-28-56(50)65(64)63(58)45-21-9-6-10-22-45/h5-42,64-65H,3-4H2,1-2H3/b34-31+. The summed E-state index contributed by atoms with van der Waals surface area (Å²) in [6, 6.07) is 76.5. The molecule has 324 valence electrons. The molecule has 0 fully saturated rings. The molecule has 13 rings (SSSR count). The van der Waals surface area contributed by atoms with Crippen LogP contribution in [0.25, 0.3) is 78.6 Å². The van der Waals surface area contributed by atoms with Crippen molar-refractivity contribution in [1.82, 2.24) is 9.55 Å². The SMILES string of the molecule is CCC1(CC)c2cc(/C=C/c3ccc(C4=C(c5ccccc5)C5c6ccccc6-c6ccccc6C5C(c5ccccc5)=C4)cn3)ccc2-c2ccc(-n3c4ccccc4c4ccccc43)cc21. The van der Waals surface area contributed by atoms with Gasteiger partial charge in [-0.2, -0.15) is 0 Å². The Morgan fingerprint density at radius 1 is 0.485 bits per heavy atom. The van der Waals surface area contributed by atoms with Gasteiger partial charge in [-0.25, -0.2) is 0 Å². The lowest BCUT2D eigenvalue weighted by Crippen LogP contribution is -2.24. The number of rotatable bonds is 8. The largest absolute Gasteiger partial charge is 0.309 e. The Morgan fingerprint density at radius 3 is 1.71 bits per heavy atom. The van der Waals surface area contributed by atoms with Crippen LogP contribution in [0.3, 0.4) is 0 Å². The Kier molecular flexibility index (Phi) is 9.51. The summed E-state index contributed by atoms with van der Waals surface area (Å²) in [4.78, 5) is 5.17. The summed E-state index contributed by atoms with van der Waals surface area (Å²) < 4.78 is 2.45. The van der Waals surface area contributed by atoms with Crippen LogP contribution >= 0.6 is 0 Å². The van der Waals surface area contributed by atoms with Gasteiger partial charge in [-0.15, -0.1) is 0 Å². The number of allylic oxidation sites excluding steroid dienone is 4. The van der Waals surface area contributed by atoms with Crippen molar-refractivity contribution in [3.8, 4) is 27.9 Å². The van der Waals surface area contributed by atoms with E-state index in [2.05, 4.69) is 249 Å². The van der Waals surface area contributed by atoms with Gasteiger partial charge in [0.05, 0.1) is 16.7 Å². The summed E-state index contributed by atoms with van der Waals surface area (Å²) in [5.41, 5.74) is 24.2. The van der Waals surface area contributed by atoms with E-state index in [1.54, 1.807) is 0 Å². The highest BCUT2D eigenvalue weighted by Gasteiger charge is 2.43. The zero-order valence-electron chi connectivity index (χ0n) is 38.4. The maximum absolute atomic E-state index is 5.17. The monoisotopic (exact) mass is 870 g/mol. The number of benzene rings is 8. The highest BCUT2D eigenvalue weighted by molar-refractivity contribution is 6.10. The van der Waals surface area contributed by atoms with Gasteiger partial charge in [0, 0.05) is 45.5 Å². The van der Waals surface area contributed by atoms with Crippen LogP contribution in [0.1, 0.15) is 88.7 Å². The Labute approximate surface area is 398 Å². The van der Waals surface area contributed by atoms with Crippen molar-refractivity contribution in [2.24, 2.45) is 0 Å². The predicted molar refractivity (Wildman–Crippen MR) is 286 cm³/mol. The van der Waals surface area contributed by atoms with Gasteiger partial charge in [-0.1, -0.05) is 196 Å². The number of para-hydroxylation sites is 2. The average molecular weight is 871 g/mol. The topological polar surface area (TPSA) is 17.8 Å². The summed E-state index contributed by atoms with van der Waals surface area (Å²) in [5, 5.41) is 2.58. The lowest BCUT2D eigenvalue weighted by atomic mass is 9.60. The normalized spacial score (nSPS) is 16.6. The molecule has 0 amide bonds. The molecule has 2 heterocycles. The highest BCUT2D eigenvalue weighted by Crippen LogP contribution is 2.61. The van der Waals surface area contributed by atoms with E-state index >= 15 is 0 Å². The van der Waals surface area contributed by atoms with Crippen molar-refractivity contribution in [1.29, 1.82) is 0 Å². The lowest BCUT2D eigenvalue weighted by Gasteiger charge is -2.42. The van der Waals surface area contributed by atoms with Gasteiger partial charge >= 0.3 is 0 Å². The fourth-order valence-electron chi connectivity index (χ4n) is 12.4. The van der Waals surface area contributed by atoms with Gasteiger partial charge in [0.2, 0.25) is 0 Å². The average Bonchev–Trinajstić information content (AvgIpc) is 3.89. The third-order valence-electron chi connectivity index (χ3n) is 15.6. The molecule has 0 radical (unpaired) electrons. The van der Waals surface area contributed by atoms with Crippen LogP contribution in [0, 0.1) is 0 Å². The number of pyridine rings is 1. The lowest BCUT2D eigenvalue weighted by molar-refractivity contribution is 0.490. The summed E-state index contributed by atoms with van der Waals surface area (Å²) in [6.45, 7) is 4.72. The van der Waals surface area contributed by atoms with Crippen LogP contribution in [0.2, 0.25) is 0 Å². The van der Waals surface area contributed by atoms with E-state index in [-0.39, 0.29) is 17.3 Å². The van der Waals surface area contributed by atoms with Crippen molar-refractivity contribution in [2.75, 3.05) is 0 Å². The molecule has 68 heavy (non-hydrogen) atoms. The number of hydrogen-bond donors (Lipinski definition) is 0. The molecule has 2 unspecified atom stereocenters. The van der Waals surface area contributed by atoms with Crippen molar-refractivity contribution in [2.45, 2.75) is 43.9 Å². The van der Waals surface area contributed by atoms with Crippen molar-refractivity contribution in [3.05, 3.63) is 269 Å². The second-order valence-electron chi connectivity index (χ2n) is 18.8. The molecular formula is C66H50N2. The first-order valence-electron chi connectivity index (χ1n) is 24.3. The van der Waals surface area contributed by atoms with Crippen LogP contribution in [0.4, 0.5) is 0 Å². The van der Waals surface area contributed by atoms with E-state index in [1.165, 1.54) is 105 Å². The zero-order chi connectivity index (χ0) is 45.3. The zero-order valence-corrected chi connectivity index (χ0v) is 38.4. The van der Waals surface area contributed by atoms with Gasteiger partial charge in [0.25, 0.3) is 0 Å². The first-order chi connectivity index (χ1) is 33.6. The van der Waals surface area contributed by atoms with Gasteiger partial charge in [-0.3, -0.25) is 4.98 Å². The third-order valence-corrected chi connectivity index (χ3v) is 15.6. The van der Waals surface area contributed by atoms with Gasteiger partial charge in [0.15, 0.2) is 0 Å². The molecule has 2 aromatic heterocycles. The third kappa shape index (κ3) is 6.14. The molecule has 0 spiro atoms. The molecule has 10 aromatic rings. The Hall–Kier alpha value is -8.07. The highest BCUT2D eigenvalue weighted by atomic mass is 15.0. The smallest absolute Gasteiger partial charge is 0.0630 e. The Morgan fingerprint density at radius 2 is 1.06 bits per heavy atom. The molecule has 2 heteroatoms. The molecule has 0 N–H and O–H groups in total. The number of aromatic nitrogens is 2. The van der Waals surface area contributed by atoms with Gasteiger partial charge in [0.1, 0.15) is 0 Å². The summed E-state index contributed by atoms with van der Waals surface area (Å²) in [5.74, 6) is 0.266. The molecule has 0 aliphatic heterocycles. The molecule has 3 aliphatic rings. The molecule has 2 nitrogen and oxygen atoms in total. The second kappa shape index (κ2) is 16.1. The molecule has 3 aliphatic carbocycles. The first kappa shape index (κ1) is 40.2. The summed E-state index contributed by atoms with van der Waals surface area (Å²) in [6.07, 6.45) is 11.0. The molecular weight excluding hydrogens is 821 g/mol. The molecule has 2 atom stereocenters. The molecule has 8 aromatic carbocycles. The van der Waals surface area contributed by atoms with Crippen LogP contribution in [0.15, 0.2) is 219 Å². The minimum absolute atomic E-state index is 0.0839. The number of nitrogens with zero attached hydrogens (tertiary/aromatic N) is 2. The van der Waals surface area contributed by atoms with Crippen molar-refractivity contribution in [3.63, 3.8) is 0 Å². The molecule has 0 saturated carbocycles. The van der Waals surface area contributed by atoms with Crippen LogP contribution in [-0.4, -0.2) is 9.55 Å². The maximum Gasteiger partial charge on any atom is 0.0630 e. The van der Waals surface area contributed by atoms with Crippen molar-refractivity contribution < 1.29 is 0 Å². The fraction of sp³-hybridized carbons (Fsp3) is 0.106. The first-order valence-corrected chi connectivity index (χ1v) is 24.3. The van der Waals surface area contributed by atoms with E-state index in [9.17, 15) is 0 Å². The van der Waals surface area contributed by atoms with E-state index in [4.69, 9.17) is 4.98 Å². The minimum Gasteiger partial charge on any atom is -0.309 e. The Balaban J connectivity index is 0.877. The van der Waals surface area contributed by atoms with E-state index in [0.717, 1.165) is 24.1 Å². The predicted octanol–water partition coefficient (Wildman–Crippen LogP) is 17.0.